The van der Waals surface area contributed by atoms with Crippen molar-refractivity contribution in [1.82, 2.24) is 0 Å². The summed E-state index contributed by atoms with van der Waals surface area (Å²) in [4.78, 5) is 25.3. The van der Waals surface area contributed by atoms with Crippen LogP contribution in [0.15, 0.2) is 64.4 Å². The van der Waals surface area contributed by atoms with Gasteiger partial charge in [0.25, 0.3) is 0 Å². The first-order valence-corrected chi connectivity index (χ1v) is 14.9. The summed E-state index contributed by atoms with van der Waals surface area (Å²) < 4.78 is 94.3. The third kappa shape index (κ3) is 7.21. The fraction of sp³-hybridized carbons (Fsp3) is 0.0909. The number of ketones is 2. The Balaban J connectivity index is 0.00000280. The number of carbonyl (C=O) groups is 2. The van der Waals surface area contributed by atoms with Gasteiger partial charge < -0.3 is 15.6 Å². The van der Waals surface area contributed by atoms with Crippen molar-refractivity contribution in [2.75, 3.05) is 23.4 Å². The fourth-order valence-corrected chi connectivity index (χ4v) is 5.99. The topological polar surface area (TPSA) is 227 Å². The minimum Gasteiger partial charge on any atom is -0.744 e. The molecule has 4 N–H and O–H groups in total. The number of carbonyl (C=O) groups excluding carboxylic acids is 2. The summed E-state index contributed by atoms with van der Waals surface area (Å²) in [6.07, 6.45) is 0. The molecule has 0 saturated heterocycles. The Morgan fingerprint density at radius 1 is 0.850 bits per heavy atom. The molecule has 0 saturated carbocycles. The van der Waals surface area contributed by atoms with E-state index in [-0.39, 0.29) is 92.1 Å². The van der Waals surface area contributed by atoms with Crippen molar-refractivity contribution in [3.05, 3.63) is 76.9 Å². The Kier molecular flexibility index (Phi) is 10.9. The first kappa shape index (κ1) is 34.5. The number of hydrogen-bond donors (Lipinski definition) is 3. The minimum atomic E-state index is -5.18. The van der Waals surface area contributed by atoms with Crippen molar-refractivity contribution in [1.29, 1.82) is 0 Å². The fourth-order valence-electron chi connectivity index (χ4n) is 3.87. The predicted octanol–water partition coefficient (Wildman–Crippen LogP) is -4.71. The second-order valence-electron chi connectivity index (χ2n) is 7.96. The van der Waals surface area contributed by atoms with Crippen LogP contribution in [0.4, 0.5) is 17.1 Å². The quantitative estimate of drug-likeness (QED) is 0.0949. The van der Waals surface area contributed by atoms with Crippen LogP contribution in [0.3, 0.4) is 0 Å². The molecule has 3 aromatic rings. The maximum Gasteiger partial charge on any atom is 1.00 e. The zero-order valence-electron chi connectivity index (χ0n) is 20.9. The molecule has 1 aliphatic rings. The molecule has 0 fully saturated rings. The van der Waals surface area contributed by atoms with Crippen LogP contribution in [-0.2, 0) is 34.5 Å². The van der Waals surface area contributed by atoms with Crippen molar-refractivity contribution in [2.24, 2.45) is 0 Å². The standard InChI is InChI=1S/C22H18N2O11S3.2Na/c23-20-17(37(29,30)31)11-16(18-19(20)22(26)15-4-2-1-3-14(15)21(18)25)24-12-5-7-13(8-6-12)36(27,28)10-9-35-38(32,33)34;;/h1-8,11,24H,9-10,23H2,(H,29,30,31)(H,32,33,34);;/q;2*+1/p-1. The summed E-state index contributed by atoms with van der Waals surface area (Å²) in [6, 6.07) is 11.4. The zero-order chi connectivity index (χ0) is 28.0. The van der Waals surface area contributed by atoms with E-state index in [1.807, 2.05) is 0 Å². The van der Waals surface area contributed by atoms with Gasteiger partial charge in [-0.25, -0.2) is 21.0 Å². The minimum absolute atomic E-state index is 0. The Hall–Kier alpha value is -1.67. The molecule has 3 aromatic carbocycles. The van der Waals surface area contributed by atoms with Gasteiger partial charge in [0, 0.05) is 16.8 Å². The molecule has 0 radical (unpaired) electrons. The van der Waals surface area contributed by atoms with E-state index in [4.69, 9.17) is 10.3 Å². The van der Waals surface area contributed by atoms with Gasteiger partial charge in [-0.2, -0.15) is 8.42 Å². The summed E-state index contributed by atoms with van der Waals surface area (Å²) in [5.74, 6) is -2.18. The number of rotatable bonds is 8. The van der Waals surface area contributed by atoms with Crippen LogP contribution in [0.1, 0.15) is 31.8 Å². The van der Waals surface area contributed by atoms with E-state index in [9.17, 15) is 39.4 Å². The van der Waals surface area contributed by atoms with E-state index >= 15 is 0 Å². The Bertz CT molecular complexity index is 1830. The molecule has 0 heterocycles. The smallest absolute Gasteiger partial charge is 0.744 e. The van der Waals surface area contributed by atoms with Crippen LogP contribution in [0.2, 0.25) is 0 Å². The third-order valence-electron chi connectivity index (χ3n) is 5.55. The van der Waals surface area contributed by atoms with E-state index in [1.54, 1.807) is 0 Å². The van der Waals surface area contributed by atoms with Crippen LogP contribution < -0.4 is 70.2 Å². The summed E-state index contributed by atoms with van der Waals surface area (Å²) in [5, 5.41) is 2.73. The molecule has 0 unspecified atom stereocenters. The van der Waals surface area contributed by atoms with E-state index in [0.717, 1.165) is 18.2 Å². The molecular weight excluding hydrogens is 610 g/mol. The van der Waals surface area contributed by atoms with Gasteiger partial charge in [-0.3, -0.25) is 14.1 Å². The van der Waals surface area contributed by atoms with Gasteiger partial charge in [0.1, 0.15) is 10.1 Å². The average molecular weight is 628 g/mol. The largest absolute Gasteiger partial charge is 1.00 e. The molecule has 1 aliphatic carbocycles. The van der Waals surface area contributed by atoms with E-state index in [1.165, 1.54) is 36.4 Å². The van der Waals surface area contributed by atoms with E-state index in [2.05, 4.69) is 9.50 Å². The molecule has 200 valence electrons. The van der Waals surface area contributed by atoms with Crippen molar-refractivity contribution >= 4 is 59.0 Å². The number of benzene rings is 3. The second-order valence-corrected chi connectivity index (χ2v) is 12.5. The molecule has 40 heavy (non-hydrogen) atoms. The van der Waals surface area contributed by atoms with Crippen molar-refractivity contribution in [2.45, 2.75) is 9.79 Å². The van der Waals surface area contributed by atoms with Gasteiger partial charge in [-0.15, -0.1) is 0 Å². The molecule has 0 spiro atoms. The number of hydrogen-bond acceptors (Lipinski definition) is 12. The van der Waals surface area contributed by atoms with Crippen LogP contribution in [0.5, 0.6) is 0 Å². The van der Waals surface area contributed by atoms with Gasteiger partial charge in [0.05, 0.1) is 44.7 Å². The summed E-state index contributed by atoms with van der Waals surface area (Å²) in [5.41, 5.74) is 4.43. The number of anilines is 3. The molecule has 0 aromatic heterocycles. The number of nitrogens with two attached hydrogens (primary N) is 1. The predicted molar refractivity (Wildman–Crippen MR) is 131 cm³/mol. The average Bonchev–Trinajstić information content (AvgIpc) is 2.82. The van der Waals surface area contributed by atoms with Gasteiger partial charge in [-0.1, -0.05) is 24.3 Å². The normalized spacial score (nSPS) is 12.9. The molecule has 0 amide bonds. The second kappa shape index (κ2) is 12.7. The third-order valence-corrected chi connectivity index (χ3v) is 8.58. The van der Waals surface area contributed by atoms with Crippen molar-refractivity contribution < 1.29 is 107 Å². The summed E-state index contributed by atoms with van der Waals surface area (Å²) in [6.45, 7) is -0.831. The zero-order valence-corrected chi connectivity index (χ0v) is 27.4. The van der Waals surface area contributed by atoms with Gasteiger partial charge in [0.2, 0.25) is 0 Å². The first-order chi connectivity index (χ1) is 17.6. The van der Waals surface area contributed by atoms with Crippen LogP contribution in [0.25, 0.3) is 0 Å². The molecule has 13 nitrogen and oxygen atoms in total. The van der Waals surface area contributed by atoms with Crippen LogP contribution in [0, 0.1) is 0 Å². The number of nitrogen functional groups attached to an aromatic ring is 1. The van der Waals surface area contributed by atoms with Gasteiger partial charge in [-0.05, 0) is 30.3 Å². The van der Waals surface area contributed by atoms with Crippen molar-refractivity contribution in [3.8, 4) is 0 Å². The summed E-state index contributed by atoms with van der Waals surface area (Å²) in [7, 11) is -14.0. The molecule has 18 heteroatoms. The molecule has 0 atom stereocenters. The molecule has 0 aliphatic heterocycles. The number of nitrogens with one attached hydrogen (secondary N) is 1. The number of fused-ring (bicyclic) bond motifs is 2. The monoisotopic (exact) mass is 627 g/mol. The SMILES string of the molecule is Nc1c(S(=O)(=O)[O-])cc(Nc2ccc(S(=O)(=O)CCOS(=O)(=O)O)cc2)c2c1C(=O)c1ccccc1C2=O.[Na+].[Na+]. The van der Waals surface area contributed by atoms with E-state index in [0.29, 0.717) is 0 Å². The molecular formula is C22H17N2Na2O11S3+. The van der Waals surface area contributed by atoms with Gasteiger partial charge in [0.15, 0.2) is 21.4 Å². The van der Waals surface area contributed by atoms with E-state index < -0.39 is 70.4 Å². The molecule has 0 bridgehead atoms. The van der Waals surface area contributed by atoms with Crippen LogP contribution >= 0.6 is 0 Å². The molecule has 4 rings (SSSR count). The Morgan fingerprint density at radius 3 is 1.88 bits per heavy atom. The maximum atomic E-state index is 13.3. The van der Waals surface area contributed by atoms with Gasteiger partial charge >= 0.3 is 69.5 Å². The maximum absolute atomic E-state index is 13.3. The van der Waals surface area contributed by atoms with Crippen molar-refractivity contribution in [3.63, 3.8) is 0 Å². The Morgan fingerprint density at radius 2 is 1.38 bits per heavy atom. The summed E-state index contributed by atoms with van der Waals surface area (Å²) >= 11 is 0. The van der Waals surface area contributed by atoms with Crippen LogP contribution in [-0.4, -0.2) is 58.3 Å². The Labute approximate surface area is 273 Å². The first-order valence-electron chi connectivity index (χ1n) is 10.4. The number of sulfone groups is 1.